The predicted octanol–water partition coefficient (Wildman–Crippen LogP) is 1.11. The fourth-order valence-electron chi connectivity index (χ4n) is 3.34. The molecule has 0 radical (unpaired) electrons. The highest BCUT2D eigenvalue weighted by atomic mass is 16.5. The highest BCUT2D eigenvalue weighted by Gasteiger charge is 2.21. The molecule has 0 aromatic rings. The van der Waals surface area contributed by atoms with Gasteiger partial charge in [0, 0.05) is 39.1 Å². The van der Waals surface area contributed by atoms with Crippen LogP contribution < -0.4 is 0 Å². The zero-order valence-corrected chi connectivity index (χ0v) is 13.1. The van der Waals surface area contributed by atoms with Crippen LogP contribution in [0.25, 0.3) is 0 Å². The summed E-state index contributed by atoms with van der Waals surface area (Å²) in [5, 5.41) is 9.20. The summed E-state index contributed by atoms with van der Waals surface area (Å²) in [7, 11) is 0. The summed E-state index contributed by atoms with van der Waals surface area (Å²) in [6, 6.07) is 0. The Hall–Kier alpha value is -0.650. The van der Waals surface area contributed by atoms with Gasteiger partial charge in [0.15, 0.2) is 0 Å². The SMILES string of the molecule is O=C(CC1CCCCC1)N(CCO)CCN1CCOCC1. The van der Waals surface area contributed by atoms with E-state index in [2.05, 4.69) is 4.90 Å². The van der Waals surface area contributed by atoms with Crippen LogP contribution in [0.1, 0.15) is 38.5 Å². The zero-order chi connectivity index (χ0) is 14.9. The lowest BCUT2D eigenvalue weighted by Crippen LogP contribution is -2.44. The summed E-state index contributed by atoms with van der Waals surface area (Å²) in [6.45, 7) is 5.61. The monoisotopic (exact) mass is 298 g/mol. The molecule has 0 aromatic carbocycles. The molecule has 2 aliphatic rings. The molecule has 2 rings (SSSR count). The number of hydrogen-bond donors (Lipinski definition) is 1. The van der Waals surface area contributed by atoms with Crippen LogP contribution in [-0.4, -0.2) is 73.4 Å². The van der Waals surface area contributed by atoms with Gasteiger partial charge in [0.05, 0.1) is 19.8 Å². The normalized spacial score (nSPS) is 21.4. The van der Waals surface area contributed by atoms with Crippen molar-refractivity contribution >= 4 is 5.91 Å². The molecule has 21 heavy (non-hydrogen) atoms. The van der Waals surface area contributed by atoms with Crippen LogP contribution in [0.3, 0.4) is 0 Å². The van der Waals surface area contributed by atoms with Crippen molar-refractivity contribution in [2.45, 2.75) is 38.5 Å². The number of ether oxygens (including phenoxy) is 1. The molecule has 1 saturated carbocycles. The summed E-state index contributed by atoms with van der Waals surface area (Å²) in [5.74, 6) is 0.792. The molecule has 0 unspecified atom stereocenters. The lowest BCUT2D eigenvalue weighted by atomic mass is 9.86. The Bertz CT molecular complexity index is 300. The van der Waals surface area contributed by atoms with Gasteiger partial charge in [-0.15, -0.1) is 0 Å². The first-order chi connectivity index (χ1) is 10.3. The Balaban J connectivity index is 1.74. The summed E-state index contributed by atoms with van der Waals surface area (Å²) < 4.78 is 5.34. The minimum Gasteiger partial charge on any atom is -0.395 e. The molecule has 0 atom stereocenters. The van der Waals surface area contributed by atoms with Crippen molar-refractivity contribution < 1.29 is 14.6 Å². The number of rotatable bonds is 7. The van der Waals surface area contributed by atoms with Gasteiger partial charge in [-0.2, -0.15) is 0 Å². The smallest absolute Gasteiger partial charge is 0.222 e. The maximum Gasteiger partial charge on any atom is 0.222 e. The van der Waals surface area contributed by atoms with Crippen LogP contribution in [0.15, 0.2) is 0 Å². The summed E-state index contributed by atoms with van der Waals surface area (Å²) in [6.07, 6.45) is 6.92. The van der Waals surface area contributed by atoms with Crippen molar-refractivity contribution in [3.05, 3.63) is 0 Å². The van der Waals surface area contributed by atoms with Crippen molar-refractivity contribution in [2.24, 2.45) is 5.92 Å². The average Bonchev–Trinajstić information content (AvgIpc) is 2.53. The number of morpholine rings is 1. The molecule has 1 N–H and O–H groups in total. The minimum atomic E-state index is 0.0551. The third-order valence-corrected chi connectivity index (χ3v) is 4.70. The Morgan fingerprint density at radius 1 is 1.14 bits per heavy atom. The lowest BCUT2D eigenvalue weighted by molar-refractivity contribution is -0.133. The van der Waals surface area contributed by atoms with E-state index < -0.39 is 0 Å². The maximum absolute atomic E-state index is 12.4. The second-order valence-electron chi connectivity index (χ2n) is 6.27. The molecule has 1 saturated heterocycles. The minimum absolute atomic E-state index is 0.0551. The van der Waals surface area contributed by atoms with Gasteiger partial charge in [0.2, 0.25) is 5.91 Å². The molecule has 5 nitrogen and oxygen atoms in total. The van der Waals surface area contributed by atoms with E-state index in [-0.39, 0.29) is 12.5 Å². The molecule has 2 fully saturated rings. The first-order valence-electron chi connectivity index (χ1n) is 8.48. The fourth-order valence-corrected chi connectivity index (χ4v) is 3.34. The van der Waals surface area contributed by atoms with Gasteiger partial charge in [0.1, 0.15) is 0 Å². The van der Waals surface area contributed by atoms with E-state index in [0.717, 1.165) is 39.4 Å². The second-order valence-corrected chi connectivity index (χ2v) is 6.27. The maximum atomic E-state index is 12.4. The van der Waals surface area contributed by atoms with Crippen LogP contribution in [0.5, 0.6) is 0 Å². The van der Waals surface area contributed by atoms with Gasteiger partial charge in [-0.25, -0.2) is 0 Å². The molecule has 1 amide bonds. The van der Waals surface area contributed by atoms with E-state index in [4.69, 9.17) is 4.74 Å². The number of hydrogen-bond acceptors (Lipinski definition) is 4. The quantitative estimate of drug-likeness (QED) is 0.765. The number of aliphatic hydroxyl groups is 1. The predicted molar refractivity (Wildman–Crippen MR) is 82.1 cm³/mol. The van der Waals surface area contributed by atoms with Gasteiger partial charge in [0.25, 0.3) is 0 Å². The Kier molecular flexibility index (Phi) is 7.47. The van der Waals surface area contributed by atoms with Gasteiger partial charge < -0.3 is 14.7 Å². The topological polar surface area (TPSA) is 53.0 Å². The standard InChI is InChI=1S/C16H30N2O3/c19-11-8-18(7-6-17-9-12-21-13-10-17)16(20)14-15-4-2-1-3-5-15/h15,19H,1-14H2. The number of carbonyl (C=O) groups is 1. The third kappa shape index (κ3) is 5.93. The second kappa shape index (κ2) is 9.38. The number of carbonyl (C=O) groups excluding carboxylic acids is 1. The molecule has 1 aliphatic carbocycles. The number of amides is 1. The van der Waals surface area contributed by atoms with Crippen molar-refractivity contribution in [2.75, 3.05) is 52.5 Å². The van der Waals surface area contributed by atoms with Gasteiger partial charge in [-0.3, -0.25) is 9.69 Å². The zero-order valence-electron chi connectivity index (χ0n) is 13.1. The fraction of sp³-hybridized carbons (Fsp3) is 0.938. The molecule has 1 heterocycles. The lowest BCUT2D eigenvalue weighted by Gasteiger charge is -2.31. The molecule has 0 aromatic heterocycles. The van der Waals surface area contributed by atoms with E-state index in [1.807, 2.05) is 4.90 Å². The first-order valence-corrected chi connectivity index (χ1v) is 8.48. The van der Waals surface area contributed by atoms with Crippen molar-refractivity contribution in [3.63, 3.8) is 0 Å². The van der Waals surface area contributed by atoms with Gasteiger partial charge in [-0.05, 0) is 18.8 Å². The van der Waals surface area contributed by atoms with E-state index in [0.29, 0.717) is 18.9 Å². The number of nitrogens with zero attached hydrogens (tertiary/aromatic N) is 2. The highest BCUT2D eigenvalue weighted by Crippen LogP contribution is 2.26. The Morgan fingerprint density at radius 2 is 1.86 bits per heavy atom. The van der Waals surface area contributed by atoms with E-state index in [1.165, 1.54) is 32.1 Å². The summed E-state index contributed by atoms with van der Waals surface area (Å²) >= 11 is 0. The van der Waals surface area contributed by atoms with E-state index >= 15 is 0 Å². The third-order valence-electron chi connectivity index (χ3n) is 4.70. The van der Waals surface area contributed by atoms with Gasteiger partial charge >= 0.3 is 0 Å². The highest BCUT2D eigenvalue weighted by molar-refractivity contribution is 5.76. The summed E-state index contributed by atoms with van der Waals surface area (Å²) in [4.78, 5) is 16.6. The average molecular weight is 298 g/mol. The van der Waals surface area contributed by atoms with E-state index in [9.17, 15) is 9.90 Å². The van der Waals surface area contributed by atoms with E-state index in [1.54, 1.807) is 0 Å². The largest absolute Gasteiger partial charge is 0.395 e. The molecule has 1 aliphatic heterocycles. The molecule has 122 valence electrons. The van der Waals surface area contributed by atoms with Crippen LogP contribution in [0.2, 0.25) is 0 Å². The molecule has 0 spiro atoms. The van der Waals surface area contributed by atoms with Crippen LogP contribution in [0, 0.1) is 5.92 Å². The first kappa shape index (κ1) is 16.7. The van der Waals surface area contributed by atoms with Gasteiger partial charge in [-0.1, -0.05) is 19.3 Å². The van der Waals surface area contributed by atoms with Crippen molar-refractivity contribution in [1.29, 1.82) is 0 Å². The molecular weight excluding hydrogens is 268 g/mol. The molecule has 5 heteroatoms. The Labute approximate surface area is 128 Å². The summed E-state index contributed by atoms with van der Waals surface area (Å²) in [5.41, 5.74) is 0. The van der Waals surface area contributed by atoms with Crippen molar-refractivity contribution in [3.8, 4) is 0 Å². The molecule has 0 bridgehead atoms. The van der Waals surface area contributed by atoms with Crippen LogP contribution in [0.4, 0.5) is 0 Å². The van der Waals surface area contributed by atoms with Crippen LogP contribution >= 0.6 is 0 Å². The number of aliphatic hydroxyl groups excluding tert-OH is 1. The van der Waals surface area contributed by atoms with Crippen molar-refractivity contribution in [1.82, 2.24) is 9.80 Å². The molecular formula is C16H30N2O3. The Morgan fingerprint density at radius 3 is 2.52 bits per heavy atom. The van der Waals surface area contributed by atoms with Crippen LogP contribution in [-0.2, 0) is 9.53 Å².